The molecule has 0 radical (unpaired) electrons. The lowest BCUT2D eigenvalue weighted by atomic mass is 9.96. The van der Waals surface area contributed by atoms with E-state index in [0.29, 0.717) is 0 Å². The van der Waals surface area contributed by atoms with Crippen LogP contribution in [0.4, 0.5) is 0 Å². The molecule has 1 aromatic heterocycles. The first kappa shape index (κ1) is 17.5. The lowest BCUT2D eigenvalue weighted by molar-refractivity contribution is 0.0635. The van der Waals surface area contributed by atoms with Crippen LogP contribution < -0.4 is 0 Å². The summed E-state index contributed by atoms with van der Waals surface area (Å²) in [5.41, 5.74) is 3.96. The molecule has 0 saturated heterocycles. The summed E-state index contributed by atoms with van der Waals surface area (Å²) < 4.78 is 1.25. The quantitative estimate of drug-likeness (QED) is 0.630. The summed E-state index contributed by atoms with van der Waals surface area (Å²) in [4.78, 5) is 2.39. The van der Waals surface area contributed by atoms with Gasteiger partial charge in [-0.2, -0.15) is 0 Å². The second-order valence-corrected chi connectivity index (χ2v) is 8.05. The van der Waals surface area contributed by atoms with Crippen LogP contribution in [0.5, 0.6) is 0 Å². The Morgan fingerprint density at radius 1 is 1.08 bits per heavy atom. The molecule has 2 nitrogen and oxygen atoms in total. The van der Waals surface area contributed by atoms with E-state index in [0.717, 1.165) is 31.5 Å². The fraction of sp³-hybridized carbons (Fsp3) is 0.304. The molecule has 2 heterocycles. The number of rotatable bonds is 5. The van der Waals surface area contributed by atoms with Gasteiger partial charge in [-0.3, -0.25) is 4.90 Å². The third kappa shape index (κ3) is 3.61. The zero-order valence-electron chi connectivity index (χ0n) is 15.1. The molecule has 0 amide bonds. The lowest BCUT2D eigenvalue weighted by Crippen LogP contribution is -2.40. The van der Waals surface area contributed by atoms with Gasteiger partial charge >= 0.3 is 0 Å². The molecule has 0 spiro atoms. The van der Waals surface area contributed by atoms with Gasteiger partial charge in [0.15, 0.2) is 0 Å². The summed E-state index contributed by atoms with van der Waals surface area (Å²) in [6.07, 6.45) is 4.03. The molecule has 1 aliphatic rings. The molecule has 0 saturated carbocycles. The highest BCUT2D eigenvalue weighted by molar-refractivity contribution is 7.17. The molecule has 1 aliphatic heterocycles. The second kappa shape index (κ2) is 7.75. The highest BCUT2D eigenvalue weighted by Gasteiger charge is 2.26. The van der Waals surface area contributed by atoms with Crippen molar-refractivity contribution in [3.8, 4) is 0 Å². The highest BCUT2D eigenvalue weighted by Crippen LogP contribution is 2.33. The maximum Gasteiger partial charge on any atom is 0.0956 e. The van der Waals surface area contributed by atoms with Gasteiger partial charge in [-0.05, 0) is 42.2 Å². The van der Waals surface area contributed by atoms with Gasteiger partial charge in [0, 0.05) is 29.4 Å². The summed E-state index contributed by atoms with van der Waals surface area (Å²) >= 11 is 1.72. The Bertz CT molecular complexity index is 899. The van der Waals surface area contributed by atoms with E-state index in [-0.39, 0.29) is 6.04 Å². The van der Waals surface area contributed by atoms with Crippen molar-refractivity contribution in [3.05, 3.63) is 82.8 Å². The van der Waals surface area contributed by atoms with E-state index in [2.05, 4.69) is 77.9 Å². The molecule has 2 aromatic carbocycles. The third-order valence-corrected chi connectivity index (χ3v) is 6.45. The van der Waals surface area contributed by atoms with Crippen LogP contribution in [0.2, 0.25) is 0 Å². The predicted octanol–water partition coefficient (Wildman–Crippen LogP) is 5.20. The summed E-state index contributed by atoms with van der Waals surface area (Å²) in [6.45, 7) is 4.08. The van der Waals surface area contributed by atoms with Crippen LogP contribution in [-0.2, 0) is 6.42 Å². The minimum absolute atomic E-state index is 0.113. The lowest BCUT2D eigenvalue weighted by Gasteiger charge is -2.34. The molecular weight excluding hydrogens is 338 g/mol. The number of thiophene rings is 1. The topological polar surface area (TPSA) is 23.5 Å². The third-order valence-electron chi connectivity index (χ3n) is 5.47. The van der Waals surface area contributed by atoms with Gasteiger partial charge in [0.25, 0.3) is 0 Å². The van der Waals surface area contributed by atoms with Crippen molar-refractivity contribution >= 4 is 21.4 Å². The maximum absolute atomic E-state index is 11.0. The minimum atomic E-state index is -0.449. The summed E-state index contributed by atoms with van der Waals surface area (Å²) in [5, 5.41) is 14.3. The predicted molar refractivity (Wildman–Crippen MR) is 111 cm³/mol. The van der Waals surface area contributed by atoms with Crippen molar-refractivity contribution in [2.24, 2.45) is 0 Å². The molecule has 134 valence electrons. The summed E-state index contributed by atoms with van der Waals surface area (Å²) in [5.74, 6) is 0. The van der Waals surface area contributed by atoms with Crippen LogP contribution in [0.3, 0.4) is 0 Å². The van der Waals surface area contributed by atoms with E-state index in [1.807, 2.05) is 0 Å². The Hall–Kier alpha value is -1.94. The van der Waals surface area contributed by atoms with E-state index in [1.54, 1.807) is 11.3 Å². The number of aliphatic hydroxyl groups excluding tert-OH is 1. The highest BCUT2D eigenvalue weighted by atomic mass is 32.1. The smallest absolute Gasteiger partial charge is 0.0956 e. The van der Waals surface area contributed by atoms with Crippen molar-refractivity contribution in [3.63, 3.8) is 0 Å². The van der Waals surface area contributed by atoms with Crippen molar-refractivity contribution in [1.29, 1.82) is 0 Å². The number of fused-ring (bicyclic) bond motifs is 1. The molecule has 0 aliphatic carbocycles. The monoisotopic (exact) mass is 363 g/mol. The molecule has 2 atom stereocenters. The van der Waals surface area contributed by atoms with Gasteiger partial charge in [0.2, 0.25) is 0 Å². The number of hydrogen-bond donors (Lipinski definition) is 1. The van der Waals surface area contributed by atoms with E-state index >= 15 is 0 Å². The van der Waals surface area contributed by atoms with Crippen molar-refractivity contribution in [2.75, 3.05) is 13.1 Å². The molecular formula is C23H25NOS. The normalized spacial score (nSPS) is 17.8. The van der Waals surface area contributed by atoms with Crippen molar-refractivity contribution in [2.45, 2.75) is 31.9 Å². The Morgan fingerprint density at radius 3 is 2.62 bits per heavy atom. The Balaban J connectivity index is 1.43. The van der Waals surface area contributed by atoms with Gasteiger partial charge in [-0.15, -0.1) is 11.3 Å². The van der Waals surface area contributed by atoms with Crippen LogP contribution in [0, 0.1) is 0 Å². The Labute approximate surface area is 159 Å². The minimum Gasteiger partial charge on any atom is -0.387 e. The molecule has 0 fully saturated rings. The van der Waals surface area contributed by atoms with Gasteiger partial charge < -0.3 is 5.11 Å². The molecule has 0 unspecified atom stereocenters. The molecule has 3 heteroatoms. The van der Waals surface area contributed by atoms with Crippen molar-refractivity contribution < 1.29 is 5.11 Å². The van der Waals surface area contributed by atoms with Crippen LogP contribution in [0.25, 0.3) is 10.1 Å². The SMILES string of the molecule is C[C@@H]([C@H](O)c1csc2ccccc12)N1CC=C(Cc2ccccc2)CC1. The van der Waals surface area contributed by atoms with Crippen LogP contribution in [-0.4, -0.2) is 29.1 Å². The largest absolute Gasteiger partial charge is 0.387 e. The molecule has 1 N–H and O–H groups in total. The van der Waals surface area contributed by atoms with Gasteiger partial charge in [-0.1, -0.05) is 60.2 Å². The first-order chi connectivity index (χ1) is 12.7. The van der Waals surface area contributed by atoms with E-state index in [1.165, 1.54) is 21.2 Å². The van der Waals surface area contributed by atoms with Crippen LogP contribution in [0.15, 0.2) is 71.6 Å². The van der Waals surface area contributed by atoms with Gasteiger partial charge in [-0.25, -0.2) is 0 Å². The van der Waals surface area contributed by atoms with Gasteiger partial charge in [0.05, 0.1) is 6.10 Å². The maximum atomic E-state index is 11.0. The number of hydrogen-bond acceptors (Lipinski definition) is 3. The number of benzene rings is 2. The zero-order valence-corrected chi connectivity index (χ0v) is 16.0. The van der Waals surface area contributed by atoms with Crippen LogP contribution >= 0.6 is 11.3 Å². The van der Waals surface area contributed by atoms with Gasteiger partial charge in [0.1, 0.15) is 0 Å². The fourth-order valence-corrected chi connectivity index (χ4v) is 4.79. The molecule has 4 rings (SSSR count). The molecule has 0 bridgehead atoms. The van der Waals surface area contributed by atoms with Crippen LogP contribution in [0.1, 0.15) is 30.6 Å². The molecule has 26 heavy (non-hydrogen) atoms. The average Bonchev–Trinajstić information content (AvgIpc) is 3.12. The van der Waals surface area contributed by atoms with E-state index < -0.39 is 6.10 Å². The molecule has 3 aromatic rings. The Kier molecular flexibility index (Phi) is 5.21. The van der Waals surface area contributed by atoms with E-state index in [9.17, 15) is 5.11 Å². The second-order valence-electron chi connectivity index (χ2n) is 7.14. The van der Waals surface area contributed by atoms with Crippen molar-refractivity contribution in [1.82, 2.24) is 4.90 Å². The summed E-state index contributed by atoms with van der Waals surface area (Å²) in [6, 6.07) is 19.1. The summed E-state index contributed by atoms with van der Waals surface area (Å²) in [7, 11) is 0. The Morgan fingerprint density at radius 2 is 1.85 bits per heavy atom. The zero-order chi connectivity index (χ0) is 17.9. The number of aliphatic hydroxyl groups is 1. The first-order valence-corrected chi connectivity index (χ1v) is 10.2. The first-order valence-electron chi connectivity index (χ1n) is 9.32. The number of nitrogens with zero attached hydrogens (tertiary/aromatic N) is 1. The standard InChI is InChI=1S/C23H25NOS/c1-17(23(25)21-16-26-22-10-6-5-9-20(21)22)24-13-11-19(12-14-24)15-18-7-3-2-4-8-18/h2-11,16-17,23,25H,12-15H2,1H3/t17-,23-/m0/s1. The average molecular weight is 364 g/mol. The fourth-order valence-electron chi connectivity index (χ4n) is 3.80. The van der Waals surface area contributed by atoms with E-state index in [4.69, 9.17) is 0 Å².